The second-order valence-corrected chi connectivity index (χ2v) is 12.1. The van der Waals surface area contributed by atoms with Crippen molar-refractivity contribution in [2.24, 2.45) is 5.92 Å². The SMILES string of the molecule is CCNC(=O)C[C@@H]1O[C@@H](n2cnc3c(NCc4ccc(OC)cc4)nc(CNS(=O)(=O)CC(C)C)nc32)[C@H](O)[C@@H]1O. The molecule has 2 aromatic heterocycles. The van der Waals surface area contributed by atoms with Crippen molar-refractivity contribution in [2.45, 2.75) is 64.8 Å². The lowest BCUT2D eigenvalue weighted by atomic mass is 10.1. The van der Waals surface area contributed by atoms with E-state index in [1.807, 2.05) is 38.1 Å². The van der Waals surface area contributed by atoms with Crippen molar-refractivity contribution in [2.75, 3.05) is 24.7 Å². The molecule has 3 heterocycles. The first-order valence-electron chi connectivity index (χ1n) is 13.4. The number of hydrogen-bond donors (Lipinski definition) is 5. The molecule has 1 aliphatic rings. The van der Waals surface area contributed by atoms with Crippen LogP contribution in [0, 0.1) is 5.92 Å². The number of hydrogen-bond acceptors (Lipinski definition) is 11. The first-order chi connectivity index (χ1) is 19.5. The molecule has 4 atom stereocenters. The van der Waals surface area contributed by atoms with Crippen LogP contribution in [0.1, 0.15) is 44.8 Å². The van der Waals surface area contributed by atoms with Gasteiger partial charge in [-0.1, -0.05) is 26.0 Å². The molecule has 41 heavy (non-hydrogen) atoms. The number of methoxy groups -OCH3 is 1. The second kappa shape index (κ2) is 13.1. The van der Waals surface area contributed by atoms with Gasteiger partial charge in [-0.05, 0) is 30.5 Å². The van der Waals surface area contributed by atoms with Crippen molar-refractivity contribution in [3.8, 4) is 5.75 Å². The van der Waals surface area contributed by atoms with Crippen molar-refractivity contribution in [1.29, 1.82) is 0 Å². The minimum atomic E-state index is -3.58. The maximum absolute atomic E-state index is 12.5. The molecular formula is C26H37N7O7S. The molecule has 0 aliphatic carbocycles. The molecule has 1 amide bonds. The fraction of sp³-hybridized carbons (Fsp3) is 0.538. The van der Waals surface area contributed by atoms with Crippen LogP contribution in [-0.4, -0.2) is 81.8 Å². The number of benzene rings is 1. The summed E-state index contributed by atoms with van der Waals surface area (Å²) in [5, 5.41) is 27.3. The van der Waals surface area contributed by atoms with Gasteiger partial charge in [0.05, 0.1) is 38.3 Å². The van der Waals surface area contributed by atoms with Gasteiger partial charge < -0.3 is 30.3 Å². The molecule has 1 fully saturated rings. The normalized spacial score (nSPS) is 21.0. The molecule has 14 nitrogen and oxygen atoms in total. The summed E-state index contributed by atoms with van der Waals surface area (Å²) in [6.07, 6.45) is -3.47. The Morgan fingerprint density at radius 2 is 1.88 bits per heavy atom. The van der Waals surface area contributed by atoms with Gasteiger partial charge >= 0.3 is 0 Å². The Hall–Kier alpha value is -3.37. The highest BCUT2D eigenvalue weighted by atomic mass is 32.2. The number of sulfonamides is 1. The van der Waals surface area contributed by atoms with Crippen LogP contribution in [0.25, 0.3) is 11.2 Å². The molecule has 0 saturated carbocycles. The highest BCUT2D eigenvalue weighted by Gasteiger charge is 2.45. The van der Waals surface area contributed by atoms with E-state index in [1.165, 1.54) is 10.9 Å². The van der Waals surface area contributed by atoms with Crippen LogP contribution in [-0.2, 0) is 32.6 Å². The van der Waals surface area contributed by atoms with Gasteiger partial charge in [0.15, 0.2) is 23.2 Å². The third-order valence-electron chi connectivity index (χ3n) is 6.46. The number of anilines is 1. The third-order valence-corrected chi connectivity index (χ3v) is 8.15. The zero-order chi connectivity index (χ0) is 29.7. The third kappa shape index (κ3) is 7.48. The topological polar surface area (TPSA) is 190 Å². The standard InChI is InChI=1S/C26H37N7O7S/c1-5-27-20(34)10-18-22(35)23(36)26(40-18)33-14-29-21-24(28-11-16-6-8-17(39-4)9-7-16)31-19(32-25(21)33)12-30-41(37,38)13-15(2)3/h6-9,14-15,18,22-23,26,30,35-36H,5,10-13H2,1-4H3,(H,27,34)(H,28,31,32)/t18-,22+,23+,26+/m0/s1. The highest BCUT2D eigenvalue weighted by Crippen LogP contribution is 2.34. The average molecular weight is 592 g/mol. The summed E-state index contributed by atoms with van der Waals surface area (Å²) in [6, 6.07) is 7.45. The van der Waals surface area contributed by atoms with Crippen LogP contribution >= 0.6 is 0 Å². The molecule has 3 aromatic rings. The minimum Gasteiger partial charge on any atom is -0.497 e. The van der Waals surface area contributed by atoms with Gasteiger partial charge in [-0.2, -0.15) is 0 Å². The maximum atomic E-state index is 12.5. The number of rotatable bonds is 13. The Kier molecular flexibility index (Phi) is 9.76. The van der Waals surface area contributed by atoms with Crippen LogP contribution < -0.4 is 20.1 Å². The van der Waals surface area contributed by atoms with Crippen molar-refractivity contribution in [3.05, 3.63) is 42.0 Å². The van der Waals surface area contributed by atoms with Crippen LogP contribution in [0.15, 0.2) is 30.6 Å². The molecule has 1 aliphatic heterocycles. The van der Waals surface area contributed by atoms with E-state index in [0.717, 1.165) is 11.3 Å². The molecule has 224 valence electrons. The van der Waals surface area contributed by atoms with Gasteiger partial charge in [0, 0.05) is 13.1 Å². The summed E-state index contributed by atoms with van der Waals surface area (Å²) in [7, 11) is -1.99. The Morgan fingerprint density at radius 1 is 1.15 bits per heavy atom. The van der Waals surface area contributed by atoms with Crippen LogP contribution in [0.4, 0.5) is 5.82 Å². The quantitative estimate of drug-likeness (QED) is 0.188. The number of carbonyl (C=O) groups is 1. The van der Waals surface area contributed by atoms with E-state index in [0.29, 0.717) is 24.4 Å². The largest absolute Gasteiger partial charge is 0.497 e. The van der Waals surface area contributed by atoms with E-state index in [2.05, 4.69) is 30.3 Å². The summed E-state index contributed by atoms with van der Waals surface area (Å²) >= 11 is 0. The molecule has 4 rings (SSSR count). The van der Waals surface area contributed by atoms with E-state index >= 15 is 0 Å². The van der Waals surface area contributed by atoms with Crippen molar-refractivity contribution >= 4 is 32.9 Å². The van der Waals surface area contributed by atoms with E-state index in [-0.39, 0.29) is 42.0 Å². The first-order valence-corrected chi connectivity index (χ1v) is 15.0. The van der Waals surface area contributed by atoms with E-state index < -0.39 is 34.6 Å². The molecule has 5 N–H and O–H groups in total. The summed E-state index contributed by atoms with van der Waals surface area (Å²) in [6.45, 7) is 6.01. The molecule has 15 heteroatoms. The lowest BCUT2D eigenvalue weighted by Crippen LogP contribution is -2.35. The summed E-state index contributed by atoms with van der Waals surface area (Å²) in [5.74, 6) is 0.783. The Balaban J connectivity index is 1.65. The molecule has 0 spiro atoms. The molecule has 0 bridgehead atoms. The number of ether oxygens (including phenoxy) is 2. The number of nitrogens with zero attached hydrogens (tertiary/aromatic N) is 4. The average Bonchev–Trinajstić information content (AvgIpc) is 3.46. The van der Waals surface area contributed by atoms with Crippen LogP contribution in [0.2, 0.25) is 0 Å². The number of fused-ring (bicyclic) bond motifs is 1. The lowest BCUT2D eigenvalue weighted by Gasteiger charge is -2.17. The van der Waals surface area contributed by atoms with E-state index in [9.17, 15) is 23.4 Å². The fourth-order valence-electron chi connectivity index (χ4n) is 4.53. The van der Waals surface area contributed by atoms with Crippen LogP contribution in [0.5, 0.6) is 5.75 Å². The monoisotopic (exact) mass is 591 g/mol. The molecule has 1 saturated heterocycles. The second-order valence-electron chi connectivity index (χ2n) is 10.2. The maximum Gasteiger partial charge on any atom is 0.222 e. The lowest BCUT2D eigenvalue weighted by molar-refractivity contribution is -0.125. The van der Waals surface area contributed by atoms with Crippen molar-refractivity contribution in [3.63, 3.8) is 0 Å². The number of aliphatic hydroxyl groups is 2. The fourth-order valence-corrected chi connectivity index (χ4v) is 5.88. The van der Waals surface area contributed by atoms with Gasteiger partial charge in [0.25, 0.3) is 0 Å². The van der Waals surface area contributed by atoms with Crippen molar-refractivity contribution < 1.29 is 32.9 Å². The zero-order valence-corrected chi connectivity index (χ0v) is 24.3. The Bertz CT molecular complexity index is 1450. The van der Waals surface area contributed by atoms with Crippen LogP contribution in [0.3, 0.4) is 0 Å². The first kappa shape index (κ1) is 30.6. The highest BCUT2D eigenvalue weighted by molar-refractivity contribution is 7.89. The Labute approximate surface area is 238 Å². The Morgan fingerprint density at radius 3 is 2.54 bits per heavy atom. The van der Waals surface area contributed by atoms with Gasteiger partial charge in [-0.15, -0.1) is 0 Å². The number of amides is 1. The molecule has 1 aromatic carbocycles. The number of imidazole rings is 1. The van der Waals surface area contributed by atoms with E-state index in [4.69, 9.17) is 9.47 Å². The van der Waals surface area contributed by atoms with Gasteiger partial charge in [0.2, 0.25) is 15.9 Å². The van der Waals surface area contributed by atoms with Gasteiger partial charge in [-0.3, -0.25) is 9.36 Å². The van der Waals surface area contributed by atoms with Gasteiger partial charge in [0.1, 0.15) is 23.8 Å². The van der Waals surface area contributed by atoms with E-state index in [1.54, 1.807) is 14.0 Å². The molecule has 0 unspecified atom stereocenters. The van der Waals surface area contributed by atoms with Gasteiger partial charge in [-0.25, -0.2) is 28.1 Å². The van der Waals surface area contributed by atoms with Crippen molar-refractivity contribution in [1.82, 2.24) is 29.6 Å². The zero-order valence-electron chi connectivity index (χ0n) is 23.4. The minimum absolute atomic E-state index is 0.0528. The summed E-state index contributed by atoms with van der Waals surface area (Å²) in [4.78, 5) is 25.6. The number of carbonyl (C=O) groups excluding carboxylic acids is 1. The number of aliphatic hydroxyl groups excluding tert-OH is 2. The smallest absolute Gasteiger partial charge is 0.222 e. The predicted molar refractivity (Wildman–Crippen MR) is 150 cm³/mol. The molecule has 0 radical (unpaired) electrons. The number of nitrogens with one attached hydrogen (secondary N) is 3. The molecular weight excluding hydrogens is 554 g/mol. The predicted octanol–water partition coefficient (Wildman–Crippen LogP) is 0.668. The summed E-state index contributed by atoms with van der Waals surface area (Å²) < 4.78 is 40.1. The summed E-state index contributed by atoms with van der Waals surface area (Å²) in [5.41, 5.74) is 1.54. The number of aromatic nitrogens is 4.